The van der Waals surface area contributed by atoms with E-state index in [1.807, 2.05) is 0 Å². The van der Waals surface area contributed by atoms with Crippen molar-refractivity contribution in [2.75, 3.05) is 13.2 Å². The third-order valence-corrected chi connectivity index (χ3v) is 13.4. The second-order valence-corrected chi connectivity index (χ2v) is 20.6. The summed E-state index contributed by atoms with van der Waals surface area (Å²) in [4.78, 5) is 37.9. The molecule has 0 heterocycles. The third-order valence-electron chi connectivity index (χ3n) is 13.4. The van der Waals surface area contributed by atoms with E-state index in [1.165, 1.54) is 167 Å². The average Bonchev–Trinajstić information content (AvgIpc) is 3.38. The number of carbonyl (C=O) groups is 3. The van der Waals surface area contributed by atoms with Crippen LogP contribution in [0.25, 0.3) is 0 Å². The van der Waals surface area contributed by atoms with Crippen molar-refractivity contribution in [1.29, 1.82) is 0 Å². The zero-order valence-corrected chi connectivity index (χ0v) is 47.7. The summed E-state index contributed by atoms with van der Waals surface area (Å²) in [7, 11) is 0. The van der Waals surface area contributed by atoms with Gasteiger partial charge in [0.05, 0.1) is 0 Å². The van der Waals surface area contributed by atoms with E-state index in [0.717, 1.165) is 103 Å². The lowest BCUT2D eigenvalue weighted by Crippen LogP contribution is -2.30. The average molecular weight is 1010 g/mol. The van der Waals surface area contributed by atoms with Gasteiger partial charge in [0.1, 0.15) is 13.2 Å². The Balaban J connectivity index is 3.93. The molecule has 416 valence electrons. The van der Waals surface area contributed by atoms with Crippen LogP contribution in [-0.4, -0.2) is 37.2 Å². The van der Waals surface area contributed by atoms with Gasteiger partial charge in [-0.3, -0.25) is 14.4 Å². The highest BCUT2D eigenvalue weighted by Gasteiger charge is 2.19. The molecule has 0 aromatic heterocycles. The van der Waals surface area contributed by atoms with Crippen molar-refractivity contribution in [3.8, 4) is 0 Å². The Morgan fingerprint density at radius 3 is 0.889 bits per heavy atom. The number of ether oxygens (including phenoxy) is 3. The van der Waals surface area contributed by atoms with E-state index in [-0.39, 0.29) is 31.1 Å². The van der Waals surface area contributed by atoms with E-state index in [0.29, 0.717) is 19.3 Å². The smallest absolute Gasteiger partial charge is 0.306 e. The Kier molecular flexibility index (Phi) is 57.8. The Morgan fingerprint density at radius 1 is 0.292 bits per heavy atom. The minimum atomic E-state index is -0.772. The molecular formula is C66H116O6. The maximum atomic E-state index is 12.8. The van der Waals surface area contributed by atoms with Crippen molar-refractivity contribution in [2.45, 2.75) is 316 Å². The quantitative estimate of drug-likeness (QED) is 0.0261. The molecule has 0 aliphatic carbocycles. The minimum absolute atomic E-state index is 0.0739. The Morgan fingerprint density at radius 2 is 0.542 bits per heavy atom. The number of carbonyl (C=O) groups excluding carboxylic acids is 3. The fraction of sp³-hybridized carbons (Fsp3) is 0.773. The van der Waals surface area contributed by atoms with Gasteiger partial charge in [-0.05, 0) is 89.9 Å². The van der Waals surface area contributed by atoms with Gasteiger partial charge in [0.15, 0.2) is 6.10 Å². The third kappa shape index (κ3) is 57.7. The summed E-state index contributed by atoms with van der Waals surface area (Å²) in [6.07, 6.45) is 78.1. The minimum Gasteiger partial charge on any atom is -0.462 e. The predicted octanol–water partition coefficient (Wildman–Crippen LogP) is 20.9. The lowest BCUT2D eigenvalue weighted by molar-refractivity contribution is -0.167. The predicted molar refractivity (Wildman–Crippen MR) is 311 cm³/mol. The monoisotopic (exact) mass is 1000 g/mol. The lowest BCUT2D eigenvalue weighted by Gasteiger charge is -2.18. The largest absolute Gasteiger partial charge is 0.462 e. The Bertz CT molecular complexity index is 1340. The summed E-state index contributed by atoms with van der Waals surface area (Å²) in [5.74, 6) is -0.879. The first-order valence-electron chi connectivity index (χ1n) is 30.9. The molecule has 1 atom stereocenters. The highest BCUT2D eigenvalue weighted by atomic mass is 16.6. The summed E-state index contributed by atoms with van der Waals surface area (Å²) >= 11 is 0. The Hall–Kier alpha value is -3.15. The van der Waals surface area contributed by atoms with E-state index in [9.17, 15) is 14.4 Å². The summed E-state index contributed by atoms with van der Waals surface area (Å²) in [5, 5.41) is 0. The fourth-order valence-corrected chi connectivity index (χ4v) is 8.82. The normalized spacial score (nSPS) is 12.5. The van der Waals surface area contributed by atoms with E-state index >= 15 is 0 Å². The van der Waals surface area contributed by atoms with Crippen LogP contribution in [0.15, 0.2) is 72.9 Å². The van der Waals surface area contributed by atoms with Crippen molar-refractivity contribution in [3.05, 3.63) is 72.9 Å². The highest BCUT2D eigenvalue weighted by Crippen LogP contribution is 2.17. The standard InChI is InChI=1S/C66H116O6/c1-4-7-10-13-16-18-20-22-23-24-25-26-27-28-29-30-31-32-33-34-35-36-37-38-39-40-41-42-43-44-46-47-50-53-56-59-65(68)71-62-63(61-70-64(67)58-55-52-49-15-12-9-6-3)72-66(69)60-57-54-51-48-45-21-19-17-14-11-8-5-2/h7,10,16-19,22-23,25-26,28-29,63H,4-6,8-9,11-15,20-21,24,27,30-62H2,1-3H3/b10-7-,18-16-,19-17-,23-22-,26-25-,29-28-. The molecule has 1 unspecified atom stereocenters. The van der Waals surface area contributed by atoms with Crippen LogP contribution >= 0.6 is 0 Å². The molecule has 0 amide bonds. The molecule has 0 saturated carbocycles. The van der Waals surface area contributed by atoms with Gasteiger partial charge in [0.2, 0.25) is 0 Å². The van der Waals surface area contributed by atoms with Gasteiger partial charge in [-0.15, -0.1) is 0 Å². The maximum Gasteiger partial charge on any atom is 0.306 e. The zero-order valence-electron chi connectivity index (χ0n) is 47.7. The lowest BCUT2D eigenvalue weighted by atomic mass is 10.0. The highest BCUT2D eigenvalue weighted by molar-refractivity contribution is 5.71. The maximum absolute atomic E-state index is 12.8. The number of hydrogen-bond donors (Lipinski definition) is 0. The molecule has 6 nitrogen and oxygen atoms in total. The first-order chi connectivity index (χ1) is 35.5. The van der Waals surface area contributed by atoms with E-state index < -0.39 is 6.10 Å². The van der Waals surface area contributed by atoms with Crippen molar-refractivity contribution in [3.63, 3.8) is 0 Å². The van der Waals surface area contributed by atoms with Gasteiger partial charge >= 0.3 is 17.9 Å². The molecule has 0 aromatic carbocycles. The first kappa shape index (κ1) is 68.8. The van der Waals surface area contributed by atoms with Crippen LogP contribution in [0.4, 0.5) is 0 Å². The topological polar surface area (TPSA) is 78.9 Å². The molecule has 0 rings (SSSR count). The SMILES string of the molecule is CC/C=C\C/C=C\C/C=C\C/C=C\C/C=C\CCCCCCCCCCCCCCCCCCCCCC(=O)OCC(COC(=O)CCCCCCCCC)OC(=O)CCCCCCC/C=C\CCCCC. The molecule has 0 radical (unpaired) electrons. The van der Waals surface area contributed by atoms with Gasteiger partial charge in [-0.1, -0.05) is 273 Å². The first-order valence-corrected chi connectivity index (χ1v) is 30.9. The van der Waals surface area contributed by atoms with Crippen LogP contribution in [0.1, 0.15) is 310 Å². The molecule has 0 N–H and O–H groups in total. The van der Waals surface area contributed by atoms with Crippen LogP contribution in [0.5, 0.6) is 0 Å². The van der Waals surface area contributed by atoms with Crippen LogP contribution in [0.3, 0.4) is 0 Å². The van der Waals surface area contributed by atoms with Crippen molar-refractivity contribution >= 4 is 17.9 Å². The summed E-state index contributed by atoms with van der Waals surface area (Å²) in [6, 6.07) is 0. The van der Waals surface area contributed by atoms with Gasteiger partial charge in [0, 0.05) is 19.3 Å². The molecule has 0 saturated heterocycles. The molecule has 0 aromatic rings. The van der Waals surface area contributed by atoms with Crippen LogP contribution in [0.2, 0.25) is 0 Å². The van der Waals surface area contributed by atoms with Crippen LogP contribution < -0.4 is 0 Å². The molecule has 0 spiro atoms. The van der Waals surface area contributed by atoms with Gasteiger partial charge in [-0.25, -0.2) is 0 Å². The van der Waals surface area contributed by atoms with Gasteiger partial charge in [-0.2, -0.15) is 0 Å². The zero-order chi connectivity index (χ0) is 52.2. The van der Waals surface area contributed by atoms with E-state index in [1.54, 1.807) is 0 Å². The molecule has 72 heavy (non-hydrogen) atoms. The number of unbranched alkanes of at least 4 members (excludes halogenated alkanes) is 33. The molecular weight excluding hydrogens is 889 g/mol. The van der Waals surface area contributed by atoms with Crippen LogP contribution in [-0.2, 0) is 28.6 Å². The van der Waals surface area contributed by atoms with Crippen molar-refractivity contribution in [1.82, 2.24) is 0 Å². The molecule has 0 aliphatic rings. The molecule has 0 fully saturated rings. The summed E-state index contributed by atoms with van der Waals surface area (Å²) in [6.45, 7) is 6.47. The second kappa shape index (κ2) is 60.4. The summed E-state index contributed by atoms with van der Waals surface area (Å²) < 4.78 is 16.8. The number of rotatable bonds is 56. The van der Waals surface area contributed by atoms with Crippen molar-refractivity contribution in [2.24, 2.45) is 0 Å². The van der Waals surface area contributed by atoms with E-state index in [2.05, 4.69) is 93.7 Å². The Labute approximate surface area is 446 Å². The number of esters is 3. The number of allylic oxidation sites excluding steroid dienone is 12. The van der Waals surface area contributed by atoms with Gasteiger partial charge < -0.3 is 14.2 Å². The second-order valence-electron chi connectivity index (χ2n) is 20.6. The van der Waals surface area contributed by atoms with E-state index in [4.69, 9.17) is 14.2 Å². The summed E-state index contributed by atoms with van der Waals surface area (Å²) in [5.41, 5.74) is 0. The molecule has 6 heteroatoms. The fourth-order valence-electron chi connectivity index (χ4n) is 8.82. The number of hydrogen-bond acceptors (Lipinski definition) is 6. The molecule has 0 bridgehead atoms. The van der Waals surface area contributed by atoms with Gasteiger partial charge in [0.25, 0.3) is 0 Å². The van der Waals surface area contributed by atoms with Crippen molar-refractivity contribution < 1.29 is 28.6 Å². The van der Waals surface area contributed by atoms with Crippen LogP contribution in [0, 0.1) is 0 Å². The molecule has 0 aliphatic heterocycles.